The Morgan fingerprint density at radius 3 is 2.33 bits per heavy atom. The third-order valence-corrected chi connectivity index (χ3v) is 3.03. The summed E-state index contributed by atoms with van der Waals surface area (Å²) in [6.45, 7) is 3.82. The molecule has 0 bridgehead atoms. The molecule has 0 unspecified atom stereocenters. The fourth-order valence-electron chi connectivity index (χ4n) is 2.02. The van der Waals surface area contributed by atoms with Gasteiger partial charge in [0.25, 0.3) is 0 Å². The van der Waals surface area contributed by atoms with Crippen molar-refractivity contribution in [1.29, 1.82) is 0 Å². The topological polar surface area (TPSA) is 76.7 Å². The van der Waals surface area contributed by atoms with Gasteiger partial charge in [-0.25, -0.2) is 9.59 Å². The number of nitrogens with one attached hydrogen (secondary N) is 2. The molecular formula is C18H20N2O4. The molecule has 2 aromatic carbocycles. The number of ether oxygens (including phenoxy) is 2. The van der Waals surface area contributed by atoms with Crippen LogP contribution in [0.2, 0.25) is 0 Å². The fourth-order valence-corrected chi connectivity index (χ4v) is 2.02. The highest BCUT2D eigenvalue weighted by molar-refractivity contribution is 5.99. The van der Waals surface area contributed by atoms with Gasteiger partial charge >= 0.3 is 12.0 Å². The standard InChI is InChI=1S/C18H20N2O4/c1-3-23-17(21)12-24-16-9-5-8-15(11-16)20-18(22)19-14-7-4-6-13(2)10-14/h4-11H,3,12H2,1-2H3,(H2,19,20,22). The number of anilines is 2. The Balaban J connectivity index is 1.91. The van der Waals surface area contributed by atoms with E-state index < -0.39 is 5.97 Å². The summed E-state index contributed by atoms with van der Waals surface area (Å²) in [6.07, 6.45) is 0. The number of esters is 1. The minimum absolute atomic E-state index is 0.174. The first kappa shape index (κ1) is 17.3. The second kappa shape index (κ2) is 8.57. The van der Waals surface area contributed by atoms with Gasteiger partial charge in [-0.15, -0.1) is 0 Å². The average molecular weight is 328 g/mol. The Morgan fingerprint density at radius 1 is 1.00 bits per heavy atom. The summed E-state index contributed by atoms with van der Waals surface area (Å²) in [7, 11) is 0. The lowest BCUT2D eigenvalue weighted by Crippen LogP contribution is -2.19. The Labute approximate surface area is 140 Å². The van der Waals surface area contributed by atoms with Gasteiger partial charge in [-0.3, -0.25) is 0 Å². The molecule has 0 saturated heterocycles. The van der Waals surface area contributed by atoms with Gasteiger partial charge in [0.05, 0.1) is 6.61 Å². The molecule has 0 spiro atoms. The van der Waals surface area contributed by atoms with Gasteiger partial charge in [-0.2, -0.15) is 0 Å². The number of rotatable bonds is 6. The Hall–Kier alpha value is -3.02. The maximum Gasteiger partial charge on any atom is 0.344 e. The van der Waals surface area contributed by atoms with Crippen LogP contribution in [0.5, 0.6) is 5.75 Å². The van der Waals surface area contributed by atoms with Crippen LogP contribution in [-0.2, 0) is 9.53 Å². The molecule has 0 atom stereocenters. The molecule has 0 aliphatic rings. The van der Waals surface area contributed by atoms with Crippen LogP contribution >= 0.6 is 0 Å². The van der Waals surface area contributed by atoms with Crippen molar-refractivity contribution in [3.8, 4) is 5.75 Å². The smallest absolute Gasteiger partial charge is 0.344 e. The van der Waals surface area contributed by atoms with Crippen molar-refractivity contribution in [2.24, 2.45) is 0 Å². The third kappa shape index (κ3) is 5.64. The molecule has 126 valence electrons. The molecular weight excluding hydrogens is 308 g/mol. The molecule has 2 rings (SSSR count). The van der Waals surface area contributed by atoms with Crippen LogP contribution in [0, 0.1) is 6.92 Å². The van der Waals surface area contributed by atoms with Crippen molar-refractivity contribution in [2.75, 3.05) is 23.8 Å². The molecule has 0 radical (unpaired) electrons. The number of amides is 2. The normalized spacial score (nSPS) is 9.92. The van der Waals surface area contributed by atoms with Gasteiger partial charge in [-0.1, -0.05) is 18.2 Å². The lowest BCUT2D eigenvalue weighted by molar-refractivity contribution is -0.145. The predicted molar refractivity (Wildman–Crippen MR) is 92.4 cm³/mol. The summed E-state index contributed by atoms with van der Waals surface area (Å²) in [5.74, 6) is 0.0319. The first-order valence-electron chi connectivity index (χ1n) is 7.60. The van der Waals surface area contributed by atoms with E-state index >= 15 is 0 Å². The second-order valence-corrected chi connectivity index (χ2v) is 5.07. The van der Waals surface area contributed by atoms with Crippen molar-refractivity contribution in [1.82, 2.24) is 0 Å². The Bertz CT molecular complexity index is 716. The number of hydrogen-bond donors (Lipinski definition) is 2. The van der Waals surface area contributed by atoms with E-state index in [1.54, 1.807) is 31.2 Å². The molecule has 0 saturated carbocycles. The minimum Gasteiger partial charge on any atom is -0.482 e. The van der Waals surface area contributed by atoms with E-state index in [0.717, 1.165) is 5.56 Å². The highest BCUT2D eigenvalue weighted by Crippen LogP contribution is 2.18. The van der Waals surface area contributed by atoms with Crippen LogP contribution in [0.15, 0.2) is 48.5 Å². The molecule has 2 aromatic rings. The summed E-state index contributed by atoms with van der Waals surface area (Å²) < 4.78 is 10.1. The van der Waals surface area contributed by atoms with Crippen molar-refractivity contribution in [3.05, 3.63) is 54.1 Å². The summed E-state index contributed by atoms with van der Waals surface area (Å²) in [5.41, 5.74) is 2.32. The van der Waals surface area contributed by atoms with Gasteiger partial charge < -0.3 is 20.1 Å². The number of benzene rings is 2. The monoisotopic (exact) mass is 328 g/mol. The largest absolute Gasteiger partial charge is 0.482 e. The van der Waals surface area contributed by atoms with Crippen LogP contribution in [-0.4, -0.2) is 25.2 Å². The van der Waals surface area contributed by atoms with E-state index in [0.29, 0.717) is 23.7 Å². The SMILES string of the molecule is CCOC(=O)COc1cccc(NC(=O)Nc2cccc(C)c2)c1. The summed E-state index contributed by atoms with van der Waals surface area (Å²) >= 11 is 0. The summed E-state index contributed by atoms with van der Waals surface area (Å²) in [4.78, 5) is 23.3. The molecule has 2 amide bonds. The first-order chi connectivity index (χ1) is 11.6. The van der Waals surface area contributed by atoms with E-state index in [1.165, 1.54) is 0 Å². The lowest BCUT2D eigenvalue weighted by atomic mass is 10.2. The fraction of sp³-hybridized carbons (Fsp3) is 0.222. The lowest BCUT2D eigenvalue weighted by Gasteiger charge is -2.10. The van der Waals surface area contributed by atoms with Crippen molar-refractivity contribution < 1.29 is 19.1 Å². The minimum atomic E-state index is -0.437. The zero-order chi connectivity index (χ0) is 17.4. The Morgan fingerprint density at radius 2 is 1.67 bits per heavy atom. The van der Waals surface area contributed by atoms with E-state index in [4.69, 9.17) is 9.47 Å². The zero-order valence-corrected chi connectivity index (χ0v) is 13.7. The number of carbonyl (C=O) groups is 2. The number of hydrogen-bond acceptors (Lipinski definition) is 4. The molecule has 0 aliphatic heterocycles. The highest BCUT2D eigenvalue weighted by atomic mass is 16.6. The summed E-state index contributed by atoms with van der Waals surface area (Å²) in [6, 6.07) is 13.9. The molecule has 2 N–H and O–H groups in total. The number of aryl methyl sites for hydroxylation is 1. The molecule has 24 heavy (non-hydrogen) atoms. The van der Waals surface area contributed by atoms with Crippen LogP contribution in [0.1, 0.15) is 12.5 Å². The van der Waals surface area contributed by atoms with Gasteiger partial charge in [0.1, 0.15) is 5.75 Å². The Kier molecular flexibility index (Phi) is 6.19. The predicted octanol–water partition coefficient (Wildman–Crippen LogP) is 3.58. The number of carbonyl (C=O) groups excluding carboxylic acids is 2. The van der Waals surface area contributed by atoms with Crippen molar-refractivity contribution >= 4 is 23.4 Å². The van der Waals surface area contributed by atoms with Crippen molar-refractivity contribution in [2.45, 2.75) is 13.8 Å². The maximum atomic E-state index is 12.0. The molecule has 6 heteroatoms. The van der Waals surface area contributed by atoms with Crippen LogP contribution < -0.4 is 15.4 Å². The molecule has 0 heterocycles. The summed E-state index contributed by atoms with van der Waals surface area (Å²) in [5, 5.41) is 5.47. The van der Waals surface area contributed by atoms with Gasteiger partial charge in [0, 0.05) is 17.4 Å². The van der Waals surface area contributed by atoms with Gasteiger partial charge in [0.15, 0.2) is 6.61 Å². The van der Waals surface area contributed by atoms with Crippen LogP contribution in [0.25, 0.3) is 0 Å². The van der Waals surface area contributed by atoms with E-state index in [1.807, 2.05) is 31.2 Å². The van der Waals surface area contributed by atoms with E-state index in [-0.39, 0.29) is 12.6 Å². The van der Waals surface area contributed by atoms with Gasteiger partial charge in [-0.05, 0) is 43.7 Å². The van der Waals surface area contributed by atoms with Crippen molar-refractivity contribution in [3.63, 3.8) is 0 Å². The number of urea groups is 1. The average Bonchev–Trinajstić information content (AvgIpc) is 2.53. The van der Waals surface area contributed by atoms with Gasteiger partial charge in [0.2, 0.25) is 0 Å². The molecule has 0 aliphatic carbocycles. The molecule has 6 nitrogen and oxygen atoms in total. The quantitative estimate of drug-likeness (QED) is 0.795. The zero-order valence-electron chi connectivity index (χ0n) is 13.7. The first-order valence-corrected chi connectivity index (χ1v) is 7.60. The highest BCUT2D eigenvalue weighted by Gasteiger charge is 2.06. The molecule has 0 aromatic heterocycles. The second-order valence-electron chi connectivity index (χ2n) is 5.07. The van der Waals surface area contributed by atoms with Crippen LogP contribution in [0.3, 0.4) is 0 Å². The van der Waals surface area contributed by atoms with E-state index in [9.17, 15) is 9.59 Å². The van der Waals surface area contributed by atoms with Crippen LogP contribution in [0.4, 0.5) is 16.2 Å². The maximum absolute atomic E-state index is 12.0. The third-order valence-electron chi connectivity index (χ3n) is 3.03. The molecule has 0 fully saturated rings. The van der Waals surface area contributed by atoms with E-state index in [2.05, 4.69) is 10.6 Å².